The number of aromatic hydroxyl groups is 1. The van der Waals surface area contributed by atoms with Crippen LogP contribution in [0.3, 0.4) is 0 Å². The number of hydrogen-bond donors (Lipinski definition) is 1. The summed E-state index contributed by atoms with van der Waals surface area (Å²) in [4.78, 5) is 24.1. The normalized spacial score (nSPS) is 16.9. The van der Waals surface area contributed by atoms with E-state index >= 15 is 0 Å². The molecule has 0 amide bonds. The highest BCUT2D eigenvalue weighted by atomic mass is 19.1. The quantitative estimate of drug-likeness (QED) is 0.393. The molecule has 1 N–H and O–H groups in total. The number of phenolic OH excluding ortho intramolecular Hbond substituents is 1. The molecule has 0 spiro atoms. The molecule has 1 aromatic carbocycles. The molecule has 0 radical (unpaired) electrons. The highest BCUT2D eigenvalue weighted by Crippen LogP contribution is 2.46. The number of hydrogen-bond acceptors (Lipinski definition) is 5. The average Bonchev–Trinajstić information content (AvgIpc) is 2.78. The molecule has 2 rings (SSSR count). The van der Waals surface area contributed by atoms with E-state index in [4.69, 9.17) is 0 Å². The van der Waals surface area contributed by atoms with Crippen molar-refractivity contribution in [2.24, 2.45) is 4.99 Å². The third-order valence-electron chi connectivity index (χ3n) is 3.45. The molecule has 7 heteroatoms. The zero-order valence-electron chi connectivity index (χ0n) is 9.93. The molecule has 0 aliphatic heterocycles. The maximum absolute atomic E-state index is 13.4. The first kappa shape index (κ1) is 13.2. The van der Waals surface area contributed by atoms with Crippen LogP contribution in [0.2, 0.25) is 0 Å². The molecule has 0 atom stereocenters. The molecule has 1 aromatic rings. The van der Waals surface area contributed by atoms with Gasteiger partial charge in [0, 0.05) is 17.7 Å². The van der Waals surface area contributed by atoms with Crippen molar-refractivity contribution in [1.82, 2.24) is 0 Å². The van der Waals surface area contributed by atoms with Crippen molar-refractivity contribution in [3.8, 4) is 5.75 Å². The molecular weight excluding hydrogens is 255 g/mol. The van der Waals surface area contributed by atoms with Crippen LogP contribution in [0.4, 0.5) is 10.1 Å². The molecule has 6 nitrogen and oxygen atoms in total. The number of aliphatic imine (C=N–C) groups is 1. The van der Waals surface area contributed by atoms with Crippen molar-refractivity contribution in [2.45, 2.75) is 31.2 Å². The molecule has 1 aliphatic carbocycles. The van der Waals surface area contributed by atoms with Crippen LogP contribution in [-0.2, 0) is 10.3 Å². The molecule has 0 heterocycles. The predicted molar refractivity (Wildman–Crippen MR) is 63.0 cm³/mol. The van der Waals surface area contributed by atoms with Crippen LogP contribution in [0.15, 0.2) is 17.1 Å². The van der Waals surface area contributed by atoms with E-state index in [1.165, 1.54) is 6.08 Å². The summed E-state index contributed by atoms with van der Waals surface area (Å²) in [6.07, 6.45) is 3.93. The topological polar surface area (TPSA) is 92.8 Å². The molecule has 0 bridgehead atoms. The van der Waals surface area contributed by atoms with Crippen LogP contribution < -0.4 is 0 Å². The Labute approximate surface area is 107 Å². The van der Waals surface area contributed by atoms with E-state index in [1.54, 1.807) is 0 Å². The summed E-state index contributed by atoms with van der Waals surface area (Å²) >= 11 is 0. The predicted octanol–water partition coefficient (Wildman–Crippen LogP) is 2.54. The number of halogens is 1. The molecule has 0 saturated heterocycles. The highest BCUT2D eigenvalue weighted by Gasteiger charge is 2.39. The second kappa shape index (κ2) is 4.78. The smallest absolute Gasteiger partial charge is 0.305 e. The van der Waals surface area contributed by atoms with E-state index in [2.05, 4.69) is 4.99 Å². The van der Waals surface area contributed by atoms with E-state index < -0.39 is 27.7 Å². The second-order valence-electron chi connectivity index (χ2n) is 4.52. The van der Waals surface area contributed by atoms with Gasteiger partial charge in [0.05, 0.1) is 4.92 Å². The Morgan fingerprint density at radius 1 is 1.42 bits per heavy atom. The van der Waals surface area contributed by atoms with Crippen LogP contribution in [0.5, 0.6) is 5.75 Å². The van der Waals surface area contributed by atoms with E-state index in [1.807, 2.05) is 0 Å². The van der Waals surface area contributed by atoms with Crippen molar-refractivity contribution >= 4 is 11.8 Å². The van der Waals surface area contributed by atoms with Gasteiger partial charge in [0.25, 0.3) is 0 Å². The summed E-state index contributed by atoms with van der Waals surface area (Å²) in [6, 6.07) is 1.64. The third-order valence-corrected chi connectivity index (χ3v) is 3.45. The van der Waals surface area contributed by atoms with Gasteiger partial charge in [0.1, 0.15) is 11.3 Å². The van der Waals surface area contributed by atoms with Crippen molar-refractivity contribution in [3.05, 3.63) is 33.6 Å². The lowest BCUT2D eigenvalue weighted by molar-refractivity contribution is -0.387. The summed E-state index contributed by atoms with van der Waals surface area (Å²) in [5.41, 5.74) is -1.65. The average molecular weight is 266 g/mol. The first-order valence-electron chi connectivity index (χ1n) is 5.76. The Hall–Kier alpha value is -2.27. The van der Waals surface area contributed by atoms with Gasteiger partial charge in [-0.15, -0.1) is 0 Å². The number of carbonyl (C=O) groups excluding carboxylic acids is 1. The highest BCUT2D eigenvalue weighted by molar-refractivity contribution is 5.50. The standard InChI is InChI=1S/C12H11FN2O4/c13-9-6-11(17)8(5-10(9)15(18)19)12(14-7-16)3-1-2-4-12/h5-6,17H,1-4H2. The van der Waals surface area contributed by atoms with E-state index in [0.717, 1.165) is 18.9 Å². The van der Waals surface area contributed by atoms with Crippen LogP contribution in [0.25, 0.3) is 0 Å². The largest absolute Gasteiger partial charge is 0.507 e. The Bertz CT molecular complexity index is 575. The van der Waals surface area contributed by atoms with Gasteiger partial charge in [-0.05, 0) is 12.8 Å². The number of isocyanates is 1. The van der Waals surface area contributed by atoms with Gasteiger partial charge >= 0.3 is 5.69 Å². The Morgan fingerprint density at radius 2 is 2.05 bits per heavy atom. The molecular formula is C12H11FN2O4. The van der Waals surface area contributed by atoms with Crippen molar-refractivity contribution in [3.63, 3.8) is 0 Å². The first-order valence-corrected chi connectivity index (χ1v) is 5.76. The lowest BCUT2D eigenvalue weighted by Crippen LogP contribution is -2.19. The van der Waals surface area contributed by atoms with Crippen LogP contribution >= 0.6 is 0 Å². The summed E-state index contributed by atoms with van der Waals surface area (Å²) in [5, 5.41) is 20.5. The lowest BCUT2D eigenvalue weighted by Gasteiger charge is -2.23. The van der Waals surface area contributed by atoms with Crippen molar-refractivity contribution in [2.75, 3.05) is 0 Å². The zero-order chi connectivity index (χ0) is 14.0. The summed E-state index contributed by atoms with van der Waals surface area (Å²) in [6.45, 7) is 0. The maximum Gasteiger partial charge on any atom is 0.305 e. The van der Waals surface area contributed by atoms with E-state index in [0.29, 0.717) is 18.9 Å². The monoisotopic (exact) mass is 266 g/mol. The van der Waals surface area contributed by atoms with Crippen LogP contribution in [-0.4, -0.2) is 16.1 Å². The van der Waals surface area contributed by atoms with E-state index in [-0.39, 0.29) is 5.56 Å². The van der Waals surface area contributed by atoms with Gasteiger partial charge in [0.15, 0.2) is 0 Å². The Morgan fingerprint density at radius 3 is 2.58 bits per heavy atom. The number of phenols is 1. The van der Waals surface area contributed by atoms with Gasteiger partial charge in [0.2, 0.25) is 11.9 Å². The molecule has 0 unspecified atom stereocenters. The number of rotatable bonds is 3. The molecule has 1 fully saturated rings. The number of nitro groups is 1. The SMILES string of the molecule is O=C=NC1(c2cc([N+](=O)[O-])c(F)cc2O)CCCC1. The summed E-state index contributed by atoms with van der Waals surface area (Å²) in [7, 11) is 0. The van der Waals surface area contributed by atoms with E-state index in [9.17, 15) is 24.4 Å². The van der Waals surface area contributed by atoms with Crippen molar-refractivity contribution in [1.29, 1.82) is 0 Å². The molecule has 0 aromatic heterocycles. The lowest BCUT2D eigenvalue weighted by atomic mass is 9.88. The Balaban J connectivity index is 2.63. The number of nitro benzene ring substituents is 1. The zero-order valence-corrected chi connectivity index (χ0v) is 9.93. The molecule has 100 valence electrons. The molecule has 1 aliphatic rings. The number of nitrogens with zero attached hydrogens (tertiary/aromatic N) is 2. The third kappa shape index (κ3) is 2.20. The fourth-order valence-corrected chi connectivity index (χ4v) is 2.55. The first-order chi connectivity index (χ1) is 9.00. The van der Waals surface area contributed by atoms with Gasteiger partial charge < -0.3 is 5.11 Å². The summed E-state index contributed by atoms with van der Waals surface area (Å²) < 4.78 is 13.4. The fraction of sp³-hybridized carbons (Fsp3) is 0.417. The Kier molecular flexibility index (Phi) is 3.31. The minimum absolute atomic E-state index is 0.112. The van der Waals surface area contributed by atoms with Crippen LogP contribution in [0.1, 0.15) is 31.2 Å². The van der Waals surface area contributed by atoms with Gasteiger partial charge in [-0.3, -0.25) is 10.1 Å². The van der Waals surface area contributed by atoms with Crippen molar-refractivity contribution < 1.29 is 19.2 Å². The molecule has 1 saturated carbocycles. The molecule has 19 heavy (non-hydrogen) atoms. The minimum atomic E-state index is -1.12. The van der Waals surface area contributed by atoms with Crippen LogP contribution in [0, 0.1) is 15.9 Å². The van der Waals surface area contributed by atoms with Gasteiger partial charge in [-0.2, -0.15) is 9.38 Å². The maximum atomic E-state index is 13.4. The summed E-state index contributed by atoms with van der Waals surface area (Å²) in [5.74, 6) is -1.54. The number of benzene rings is 1. The van der Waals surface area contributed by atoms with Gasteiger partial charge in [-0.25, -0.2) is 4.79 Å². The van der Waals surface area contributed by atoms with Gasteiger partial charge in [-0.1, -0.05) is 12.8 Å². The second-order valence-corrected chi connectivity index (χ2v) is 4.52. The minimum Gasteiger partial charge on any atom is -0.507 e. The fourth-order valence-electron chi connectivity index (χ4n) is 2.55.